The van der Waals surface area contributed by atoms with Gasteiger partial charge in [-0.15, -0.1) is 0 Å². The van der Waals surface area contributed by atoms with Crippen LogP contribution in [0.1, 0.15) is 18.2 Å². The zero-order valence-electron chi connectivity index (χ0n) is 7.90. The van der Waals surface area contributed by atoms with Crippen LogP contribution >= 0.6 is 0 Å². The van der Waals surface area contributed by atoms with Gasteiger partial charge in [-0.3, -0.25) is 4.68 Å². The Balaban J connectivity index is 2.89. The van der Waals surface area contributed by atoms with E-state index in [4.69, 9.17) is 10.5 Å². The Bertz CT molecular complexity index is 272. The van der Waals surface area contributed by atoms with Gasteiger partial charge in [0.2, 0.25) is 0 Å². The molecule has 1 aromatic heterocycles. The van der Waals surface area contributed by atoms with E-state index in [2.05, 4.69) is 5.10 Å². The highest BCUT2D eigenvalue weighted by molar-refractivity contribution is 5.26. The summed E-state index contributed by atoms with van der Waals surface area (Å²) in [4.78, 5) is 0. The van der Waals surface area contributed by atoms with Gasteiger partial charge < -0.3 is 15.6 Å². The molecule has 0 aliphatic heterocycles. The first-order valence-corrected chi connectivity index (χ1v) is 4.14. The first kappa shape index (κ1) is 10.0. The van der Waals surface area contributed by atoms with Gasteiger partial charge in [0, 0.05) is 7.05 Å². The van der Waals surface area contributed by atoms with Gasteiger partial charge >= 0.3 is 0 Å². The van der Waals surface area contributed by atoms with Crippen molar-refractivity contribution in [3.8, 4) is 5.75 Å². The van der Waals surface area contributed by atoms with Crippen molar-refractivity contribution >= 4 is 0 Å². The summed E-state index contributed by atoms with van der Waals surface area (Å²) in [6, 6.07) is 0. The molecule has 74 valence electrons. The van der Waals surface area contributed by atoms with Crippen LogP contribution in [0.2, 0.25) is 0 Å². The molecule has 0 radical (unpaired) electrons. The molecule has 0 saturated heterocycles. The first-order chi connectivity index (χ1) is 6.20. The number of methoxy groups -OCH3 is 1. The molecule has 13 heavy (non-hydrogen) atoms. The second kappa shape index (κ2) is 4.25. The maximum atomic E-state index is 9.68. The van der Waals surface area contributed by atoms with Crippen LogP contribution in [-0.2, 0) is 7.05 Å². The molecule has 1 aromatic rings. The zero-order valence-corrected chi connectivity index (χ0v) is 7.90. The number of ether oxygens (including phenoxy) is 1. The van der Waals surface area contributed by atoms with E-state index in [-0.39, 0.29) is 0 Å². The fourth-order valence-corrected chi connectivity index (χ4v) is 1.26. The van der Waals surface area contributed by atoms with Crippen molar-refractivity contribution < 1.29 is 9.84 Å². The minimum absolute atomic E-state index is 0.440. The van der Waals surface area contributed by atoms with Gasteiger partial charge in [-0.25, -0.2) is 0 Å². The number of aliphatic hydroxyl groups excluding tert-OH is 1. The molecule has 1 atom stereocenters. The third-order valence-corrected chi connectivity index (χ3v) is 1.92. The number of aromatic nitrogens is 2. The van der Waals surface area contributed by atoms with Crippen molar-refractivity contribution in [2.75, 3.05) is 13.7 Å². The number of aryl methyl sites for hydroxylation is 1. The lowest BCUT2D eigenvalue weighted by Crippen LogP contribution is -2.11. The molecular formula is C8H15N3O2. The molecule has 0 bridgehead atoms. The molecule has 1 unspecified atom stereocenters. The first-order valence-electron chi connectivity index (χ1n) is 4.14. The van der Waals surface area contributed by atoms with Gasteiger partial charge in [0.05, 0.1) is 13.3 Å². The Kier molecular flexibility index (Phi) is 3.27. The topological polar surface area (TPSA) is 73.3 Å². The van der Waals surface area contributed by atoms with E-state index in [1.165, 1.54) is 0 Å². The lowest BCUT2D eigenvalue weighted by Gasteiger charge is -2.11. The number of nitrogens with zero attached hydrogens (tertiary/aromatic N) is 2. The molecule has 1 rings (SSSR count). The summed E-state index contributed by atoms with van der Waals surface area (Å²) in [5, 5.41) is 13.7. The highest BCUT2D eigenvalue weighted by Gasteiger charge is 2.16. The van der Waals surface area contributed by atoms with E-state index in [1.54, 1.807) is 25.0 Å². The third-order valence-electron chi connectivity index (χ3n) is 1.92. The van der Waals surface area contributed by atoms with E-state index in [9.17, 15) is 5.11 Å². The Morgan fingerprint density at radius 3 is 3.00 bits per heavy atom. The van der Waals surface area contributed by atoms with E-state index >= 15 is 0 Å². The summed E-state index contributed by atoms with van der Waals surface area (Å²) < 4.78 is 6.65. The monoisotopic (exact) mass is 185 g/mol. The molecule has 0 aromatic carbocycles. The van der Waals surface area contributed by atoms with Crippen LogP contribution in [0.15, 0.2) is 6.20 Å². The molecular weight excluding hydrogens is 170 g/mol. The van der Waals surface area contributed by atoms with Crippen molar-refractivity contribution in [1.82, 2.24) is 9.78 Å². The third kappa shape index (κ3) is 1.99. The van der Waals surface area contributed by atoms with Crippen LogP contribution in [0.4, 0.5) is 0 Å². The fourth-order valence-electron chi connectivity index (χ4n) is 1.26. The van der Waals surface area contributed by atoms with Crippen LogP contribution in [0.5, 0.6) is 5.75 Å². The van der Waals surface area contributed by atoms with Crippen molar-refractivity contribution in [2.24, 2.45) is 12.8 Å². The van der Waals surface area contributed by atoms with Gasteiger partial charge in [-0.05, 0) is 13.0 Å². The predicted octanol–water partition coefficient (Wildman–Crippen LogP) is -0.189. The summed E-state index contributed by atoms with van der Waals surface area (Å²) in [6.45, 7) is 0.440. The van der Waals surface area contributed by atoms with Gasteiger partial charge in [0.1, 0.15) is 11.8 Å². The second-order valence-corrected chi connectivity index (χ2v) is 2.81. The minimum atomic E-state index is -0.604. The Hall–Kier alpha value is -1.07. The van der Waals surface area contributed by atoms with Crippen LogP contribution in [0.3, 0.4) is 0 Å². The standard InChI is InChI=1S/C8H15N3O2/c1-11-8(6(12)3-4-9)7(13-2)5-10-11/h5-6,12H,3-4,9H2,1-2H3. The quantitative estimate of drug-likeness (QED) is 0.682. The predicted molar refractivity (Wildman–Crippen MR) is 48.4 cm³/mol. The highest BCUT2D eigenvalue weighted by atomic mass is 16.5. The summed E-state index contributed by atoms with van der Waals surface area (Å²) in [6.07, 6.45) is 1.48. The van der Waals surface area contributed by atoms with Crippen LogP contribution in [0.25, 0.3) is 0 Å². The van der Waals surface area contributed by atoms with Gasteiger partial charge in [-0.1, -0.05) is 0 Å². The van der Waals surface area contributed by atoms with Gasteiger partial charge in [-0.2, -0.15) is 5.10 Å². The molecule has 0 amide bonds. The maximum absolute atomic E-state index is 9.68. The number of nitrogens with two attached hydrogens (primary N) is 1. The lowest BCUT2D eigenvalue weighted by molar-refractivity contribution is 0.156. The normalized spacial score (nSPS) is 12.9. The molecule has 5 heteroatoms. The highest BCUT2D eigenvalue weighted by Crippen LogP contribution is 2.25. The molecule has 0 spiro atoms. The van der Waals surface area contributed by atoms with Crippen molar-refractivity contribution in [2.45, 2.75) is 12.5 Å². The smallest absolute Gasteiger partial charge is 0.162 e. The van der Waals surface area contributed by atoms with Crippen molar-refractivity contribution in [1.29, 1.82) is 0 Å². The Morgan fingerprint density at radius 1 is 1.77 bits per heavy atom. The number of hydrogen-bond donors (Lipinski definition) is 2. The molecule has 0 fully saturated rings. The molecule has 5 nitrogen and oxygen atoms in total. The average molecular weight is 185 g/mol. The summed E-state index contributed by atoms with van der Waals surface area (Å²) in [7, 11) is 3.31. The Labute approximate surface area is 77.1 Å². The largest absolute Gasteiger partial charge is 0.493 e. The van der Waals surface area contributed by atoms with E-state index in [0.717, 1.165) is 0 Å². The van der Waals surface area contributed by atoms with Crippen LogP contribution in [-0.4, -0.2) is 28.5 Å². The molecule has 0 aliphatic carbocycles. The fraction of sp³-hybridized carbons (Fsp3) is 0.625. The van der Waals surface area contributed by atoms with E-state index < -0.39 is 6.10 Å². The summed E-state index contributed by atoms with van der Waals surface area (Å²) in [5.41, 5.74) is 6.02. The molecule has 1 heterocycles. The van der Waals surface area contributed by atoms with Crippen molar-refractivity contribution in [3.05, 3.63) is 11.9 Å². The SMILES string of the molecule is COc1cnn(C)c1C(O)CCN. The number of aliphatic hydroxyl groups is 1. The molecule has 0 saturated carbocycles. The lowest BCUT2D eigenvalue weighted by atomic mass is 10.2. The van der Waals surface area contributed by atoms with Crippen LogP contribution in [0, 0.1) is 0 Å². The average Bonchev–Trinajstić information content (AvgIpc) is 2.47. The van der Waals surface area contributed by atoms with Crippen molar-refractivity contribution in [3.63, 3.8) is 0 Å². The minimum Gasteiger partial charge on any atom is -0.493 e. The van der Waals surface area contributed by atoms with Gasteiger partial charge in [0.15, 0.2) is 5.75 Å². The van der Waals surface area contributed by atoms with Gasteiger partial charge in [0.25, 0.3) is 0 Å². The van der Waals surface area contributed by atoms with E-state index in [1.807, 2.05) is 0 Å². The Morgan fingerprint density at radius 2 is 2.46 bits per heavy atom. The summed E-state index contributed by atoms with van der Waals surface area (Å²) >= 11 is 0. The molecule has 0 aliphatic rings. The van der Waals surface area contributed by atoms with Crippen LogP contribution < -0.4 is 10.5 Å². The number of rotatable bonds is 4. The second-order valence-electron chi connectivity index (χ2n) is 2.81. The number of hydrogen-bond acceptors (Lipinski definition) is 4. The maximum Gasteiger partial charge on any atom is 0.162 e. The van der Waals surface area contributed by atoms with E-state index in [0.29, 0.717) is 24.4 Å². The summed E-state index contributed by atoms with van der Waals surface area (Å²) in [5.74, 6) is 0.600. The molecule has 3 N–H and O–H groups in total. The zero-order chi connectivity index (χ0) is 9.84.